The SMILES string of the molecule is O=C(NC1CCCCC1)N1CCN(c2nc(NCc3ccccc3Cl)c3ncn(Cc4ccccc4)c3n2)CC1. The van der Waals surface area contributed by atoms with Crippen LogP contribution in [0.1, 0.15) is 43.2 Å². The predicted octanol–water partition coefficient (Wildman–Crippen LogP) is 5.30. The lowest BCUT2D eigenvalue weighted by Gasteiger charge is -2.36. The van der Waals surface area contributed by atoms with Gasteiger partial charge in [0.2, 0.25) is 5.95 Å². The number of fused-ring (bicyclic) bond motifs is 1. The van der Waals surface area contributed by atoms with Crippen molar-refractivity contribution in [1.29, 1.82) is 0 Å². The second-order valence-corrected chi connectivity index (χ2v) is 11.0. The lowest BCUT2D eigenvalue weighted by Crippen LogP contribution is -2.54. The van der Waals surface area contributed by atoms with Crippen LogP contribution in [0, 0.1) is 0 Å². The Labute approximate surface area is 239 Å². The first-order valence-electron chi connectivity index (χ1n) is 14.2. The summed E-state index contributed by atoms with van der Waals surface area (Å²) in [6.07, 6.45) is 7.66. The molecule has 2 fully saturated rings. The summed E-state index contributed by atoms with van der Waals surface area (Å²) in [7, 11) is 0. The summed E-state index contributed by atoms with van der Waals surface area (Å²) in [6, 6.07) is 18.4. The Balaban J connectivity index is 1.22. The lowest BCUT2D eigenvalue weighted by atomic mass is 9.96. The van der Waals surface area contributed by atoms with Crippen LogP contribution in [0.5, 0.6) is 0 Å². The Kier molecular flexibility index (Phi) is 7.99. The van der Waals surface area contributed by atoms with Gasteiger partial charge in [-0.3, -0.25) is 0 Å². The molecule has 0 spiro atoms. The van der Waals surface area contributed by atoms with Crippen LogP contribution in [-0.4, -0.2) is 62.7 Å². The van der Waals surface area contributed by atoms with E-state index in [1.807, 2.05) is 53.7 Å². The molecule has 1 saturated heterocycles. The zero-order valence-electron chi connectivity index (χ0n) is 22.6. The van der Waals surface area contributed by atoms with E-state index in [2.05, 4.69) is 37.2 Å². The van der Waals surface area contributed by atoms with Crippen LogP contribution in [0.3, 0.4) is 0 Å². The molecule has 2 amide bonds. The summed E-state index contributed by atoms with van der Waals surface area (Å²) in [6.45, 7) is 3.77. The molecule has 40 heavy (non-hydrogen) atoms. The third-order valence-electron chi connectivity index (χ3n) is 7.83. The zero-order valence-corrected chi connectivity index (χ0v) is 23.4. The number of rotatable bonds is 7. The number of nitrogens with zero attached hydrogens (tertiary/aromatic N) is 6. The summed E-state index contributed by atoms with van der Waals surface area (Å²) in [5, 5.41) is 7.41. The van der Waals surface area contributed by atoms with Crippen molar-refractivity contribution in [2.75, 3.05) is 36.4 Å². The number of halogens is 1. The van der Waals surface area contributed by atoms with Crippen LogP contribution in [0.4, 0.5) is 16.6 Å². The number of amides is 2. The molecule has 2 aliphatic rings. The second kappa shape index (κ2) is 12.1. The van der Waals surface area contributed by atoms with Crippen LogP contribution in [0.15, 0.2) is 60.9 Å². The number of hydrogen-bond donors (Lipinski definition) is 2. The molecule has 0 atom stereocenters. The normalized spacial score (nSPS) is 16.3. The van der Waals surface area contributed by atoms with Gasteiger partial charge in [-0.15, -0.1) is 0 Å². The molecule has 9 nitrogen and oxygen atoms in total. The second-order valence-electron chi connectivity index (χ2n) is 10.6. The number of carbonyl (C=O) groups excluding carboxylic acids is 1. The summed E-state index contributed by atoms with van der Waals surface area (Å²) in [5.41, 5.74) is 3.65. The van der Waals surface area contributed by atoms with Gasteiger partial charge in [-0.1, -0.05) is 79.4 Å². The summed E-state index contributed by atoms with van der Waals surface area (Å²) >= 11 is 6.42. The van der Waals surface area contributed by atoms with E-state index in [1.165, 1.54) is 24.8 Å². The summed E-state index contributed by atoms with van der Waals surface area (Å²) in [4.78, 5) is 31.6. The number of benzene rings is 2. The van der Waals surface area contributed by atoms with Crippen molar-refractivity contribution in [3.63, 3.8) is 0 Å². The molecule has 1 saturated carbocycles. The Morgan fingerprint density at radius 2 is 1.68 bits per heavy atom. The van der Waals surface area contributed by atoms with Crippen LogP contribution in [-0.2, 0) is 13.1 Å². The third kappa shape index (κ3) is 5.99. The maximum atomic E-state index is 12.9. The van der Waals surface area contributed by atoms with Crippen LogP contribution < -0.4 is 15.5 Å². The monoisotopic (exact) mass is 558 g/mol. The Morgan fingerprint density at radius 3 is 2.45 bits per heavy atom. The van der Waals surface area contributed by atoms with E-state index in [0.29, 0.717) is 62.1 Å². The van der Waals surface area contributed by atoms with Crippen LogP contribution >= 0.6 is 11.6 Å². The molecular weight excluding hydrogens is 524 g/mol. The van der Waals surface area contributed by atoms with Gasteiger partial charge >= 0.3 is 6.03 Å². The largest absolute Gasteiger partial charge is 0.364 e. The number of piperazine rings is 1. The van der Waals surface area contributed by atoms with Gasteiger partial charge < -0.3 is 25.0 Å². The Bertz CT molecular complexity index is 1440. The molecule has 1 aliphatic carbocycles. The van der Waals surface area contributed by atoms with E-state index < -0.39 is 0 Å². The van der Waals surface area contributed by atoms with E-state index in [1.54, 1.807) is 0 Å². The molecule has 1 aliphatic heterocycles. The number of anilines is 2. The van der Waals surface area contributed by atoms with Crippen LogP contribution in [0.2, 0.25) is 5.02 Å². The van der Waals surface area contributed by atoms with Gasteiger partial charge in [0.05, 0.1) is 12.9 Å². The maximum absolute atomic E-state index is 12.9. The first kappa shape index (κ1) is 26.4. The van der Waals surface area contributed by atoms with Gasteiger partial charge in [0.15, 0.2) is 17.0 Å². The van der Waals surface area contributed by atoms with Crippen molar-refractivity contribution in [2.24, 2.45) is 0 Å². The van der Waals surface area contributed by atoms with E-state index >= 15 is 0 Å². The number of nitrogens with one attached hydrogen (secondary N) is 2. The van der Waals surface area contributed by atoms with Crippen molar-refractivity contribution in [2.45, 2.75) is 51.2 Å². The molecule has 0 unspecified atom stereocenters. The molecule has 2 N–H and O–H groups in total. The first-order chi connectivity index (χ1) is 19.6. The van der Waals surface area contributed by atoms with Gasteiger partial charge in [-0.05, 0) is 30.0 Å². The Hall–Kier alpha value is -3.85. The van der Waals surface area contributed by atoms with E-state index in [9.17, 15) is 4.79 Å². The quantitative estimate of drug-likeness (QED) is 0.320. The standard InChI is InChI=1S/C30H35ClN8O/c31-25-14-8-7-11-23(25)19-32-27-26-28(39(21-33-26)20-22-9-3-1-4-10-22)36-29(35-27)37-15-17-38(18-16-37)30(40)34-24-12-5-2-6-13-24/h1,3-4,7-11,14,21,24H,2,5-6,12-13,15-20H2,(H,34,40)(H,32,35,36). The van der Waals surface area contributed by atoms with E-state index in [0.717, 1.165) is 29.6 Å². The minimum absolute atomic E-state index is 0.0472. The van der Waals surface area contributed by atoms with Crippen molar-refractivity contribution in [3.8, 4) is 0 Å². The molecule has 2 aromatic carbocycles. The average molecular weight is 559 g/mol. The van der Waals surface area contributed by atoms with E-state index in [-0.39, 0.29) is 6.03 Å². The molecule has 2 aromatic heterocycles. The number of aromatic nitrogens is 4. The highest BCUT2D eigenvalue weighted by Crippen LogP contribution is 2.26. The third-order valence-corrected chi connectivity index (χ3v) is 8.20. The highest BCUT2D eigenvalue weighted by atomic mass is 35.5. The molecule has 208 valence electrons. The number of imidazole rings is 1. The zero-order chi connectivity index (χ0) is 27.3. The van der Waals surface area contributed by atoms with Gasteiger partial charge in [0.1, 0.15) is 0 Å². The topological polar surface area (TPSA) is 91.2 Å². The minimum Gasteiger partial charge on any atom is -0.364 e. The smallest absolute Gasteiger partial charge is 0.317 e. The summed E-state index contributed by atoms with van der Waals surface area (Å²) < 4.78 is 2.06. The predicted molar refractivity (Wildman–Crippen MR) is 159 cm³/mol. The van der Waals surface area contributed by atoms with Crippen molar-refractivity contribution in [3.05, 3.63) is 77.1 Å². The molecule has 0 bridgehead atoms. The Morgan fingerprint density at radius 1 is 0.925 bits per heavy atom. The maximum Gasteiger partial charge on any atom is 0.317 e. The molecule has 4 aromatic rings. The average Bonchev–Trinajstić information content (AvgIpc) is 3.40. The lowest BCUT2D eigenvalue weighted by molar-refractivity contribution is 0.186. The number of carbonyl (C=O) groups is 1. The molecule has 0 radical (unpaired) electrons. The van der Waals surface area contributed by atoms with Crippen molar-refractivity contribution in [1.82, 2.24) is 29.7 Å². The van der Waals surface area contributed by atoms with Gasteiger partial charge in [-0.25, -0.2) is 9.78 Å². The molecule has 6 rings (SSSR count). The number of urea groups is 1. The fourth-order valence-corrected chi connectivity index (χ4v) is 5.74. The summed E-state index contributed by atoms with van der Waals surface area (Å²) in [5.74, 6) is 1.31. The molecule has 10 heteroatoms. The van der Waals surface area contributed by atoms with Gasteiger partial charge in [0, 0.05) is 43.8 Å². The molecular formula is C30H35ClN8O. The fourth-order valence-electron chi connectivity index (χ4n) is 5.54. The van der Waals surface area contributed by atoms with Crippen molar-refractivity contribution >= 4 is 40.6 Å². The van der Waals surface area contributed by atoms with E-state index in [4.69, 9.17) is 21.6 Å². The number of hydrogen-bond acceptors (Lipinski definition) is 6. The van der Waals surface area contributed by atoms with Gasteiger partial charge in [0.25, 0.3) is 0 Å². The first-order valence-corrected chi connectivity index (χ1v) is 14.6. The highest BCUT2D eigenvalue weighted by molar-refractivity contribution is 6.31. The van der Waals surface area contributed by atoms with Crippen LogP contribution in [0.25, 0.3) is 11.2 Å². The fraction of sp³-hybridized carbons (Fsp3) is 0.400. The molecule has 3 heterocycles. The minimum atomic E-state index is 0.0472. The highest BCUT2D eigenvalue weighted by Gasteiger charge is 2.26. The van der Waals surface area contributed by atoms with Gasteiger partial charge in [-0.2, -0.15) is 9.97 Å². The van der Waals surface area contributed by atoms with Crippen molar-refractivity contribution < 1.29 is 4.79 Å².